The summed E-state index contributed by atoms with van der Waals surface area (Å²) in [5, 5.41) is 13.0. The maximum Gasteiger partial charge on any atom is 0.373 e. The largest absolute Gasteiger partial charge is 0.475 e. The van der Waals surface area contributed by atoms with Crippen LogP contribution in [0, 0.1) is 6.92 Å². The van der Waals surface area contributed by atoms with Crippen LogP contribution in [0.3, 0.4) is 0 Å². The summed E-state index contributed by atoms with van der Waals surface area (Å²) < 4.78 is 6.97. The smallest absolute Gasteiger partial charge is 0.373 e. The molecule has 90 valence electrons. The third kappa shape index (κ3) is 1.82. The van der Waals surface area contributed by atoms with Gasteiger partial charge in [0, 0.05) is 12.7 Å². The molecule has 0 atom stereocenters. The van der Waals surface area contributed by atoms with E-state index in [1.54, 1.807) is 17.9 Å². The number of rotatable bonds is 3. The lowest BCUT2D eigenvalue weighted by molar-refractivity contribution is 0.0662. The molecule has 0 unspecified atom stereocenters. The van der Waals surface area contributed by atoms with E-state index < -0.39 is 5.97 Å². The molecular formula is C11H13N3O3. The molecule has 2 rings (SSSR count). The molecule has 0 spiro atoms. The highest BCUT2D eigenvalue weighted by Gasteiger charge is 2.21. The zero-order valence-electron chi connectivity index (χ0n) is 9.89. The Bertz CT molecular complexity index is 569. The van der Waals surface area contributed by atoms with Crippen molar-refractivity contribution in [2.45, 2.75) is 20.3 Å². The Balaban J connectivity index is 2.54. The van der Waals surface area contributed by atoms with Crippen LogP contribution in [0.5, 0.6) is 0 Å². The highest BCUT2D eigenvalue weighted by Crippen LogP contribution is 2.24. The van der Waals surface area contributed by atoms with Crippen molar-refractivity contribution in [3.8, 4) is 11.5 Å². The fourth-order valence-electron chi connectivity index (χ4n) is 1.58. The summed E-state index contributed by atoms with van der Waals surface area (Å²) in [5.74, 6) is -0.877. The number of carboxylic acids is 1. The summed E-state index contributed by atoms with van der Waals surface area (Å²) >= 11 is 0. The summed E-state index contributed by atoms with van der Waals surface area (Å²) in [5.41, 5.74) is 2.05. The van der Waals surface area contributed by atoms with Crippen molar-refractivity contribution in [1.82, 2.24) is 14.8 Å². The van der Waals surface area contributed by atoms with Gasteiger partial charge >= 0.3 is 5.97 Å². The fourth-order valence-corrected chi connectivity index (χ4v) is 1.58. The minimum Gasteiger partial charge on any atom is -0.475 e. The zero-order chi connectivity index (χ0) is 12.6. The highest BCUT2D eigenvalue weighted by molar-refractivity contribution is 5.86. The van der Waals surface area contributed by atoms with Gasteiger partial charge in [-0.15, -0.1) is 0 Å². The molecule has 0 saturated heterocycles. The van der Waals surface area contributed by atoms with Crippen LogP contribution < -0.4 is 0 Å². The molecular weight excluding hydrogens is 222 g/mol. The first-order chi connectivity index (χ1) is 8.04. The van der Waals surface area contributed by atoms with E-state index in [2.05, 4.69) is 10.1 Å². The van der Waals surface area contributed by atoms with E-state index in [0.717, 1.165) is 11.3 Å². The van der Waals surface area contributed by atoms with Gasteiger partial charge in [-0.2, -0.15) is 5.10 Å². The van der Waals surface area contributed by atoms with Crippen molar-refractivity contribution in [3.63, 3.8) is 0 Å². The van der Waals surface area contributed by atoms with Crippen LogP contribution >= 0.6 is 0 Å². The maximum absolute atomic E-state index is 11.0. The summed E-state index contributed by atoms with van der Waals surface area (Å²) in [7, 11) is 1.81. The van der Waals surface area contributed by atoms with Gasteiger partial charge in [0.1, 0.15) is 0 Å². The van der Waals surface area contributed by atoms with E-state index in [9.17, 15) is 4.79 Å². The Kier molecular flexibility index (Phi) is 2.71. The Labute approximate surface area is 97.9 Å². The number of carbonyl (C=O) groups is 1. The predicted molar refractivity (Wildman–Crippen MR) is 59.8 cm³/mol. The van der Waals surface area contributed by atoms with Crippen molar-refractivity contribution < 1.29 is 14.3 Å². The maximum atomic E-state index is 11.0. The van der Waals surface area contributed by atoms with E-state index in [1.165, 1.54) is 0 Å². The van der Waals surface area contributed by atoms with Crippen molar-refractivity contribution in [3.05, 3.63) is 23.3 Å². The van der Waals surface area contributed by atoms with Crippen LogP contribution in [0.15, 0.2) is 10.6 Å². The van der Waals surface area contributed by atoms with Crippen LogP contribution in [-0.4, -0.2) is 25.8 Å². The number of aryl methyl sites for hydroxylation is 2. The van der Waals surface area contributed by atoms with E-state index in [1.807, 2.05) is 13.8 Å². The number of oxazole rings is 1. The first-order valence-corrected chi connectivity index (χ1v) is 5.26. The van der Waals surface area contributed by atoms with Crippen molar-refractivity contribution in [2.75, 3.05) is 0 Å². The molecule has 0 aliphatic rings. The Hall–Kier alpha value is -2.11. The van der Waals surface area contributed by atoms with Gasteiger partial charge in [0.2, 0.25) is 11.7 Å². The Morgan fingerprint density at radius 1 is 1.59 bits per heavy atom. The standard InChI is InChI=1S/C11H13N3O3/c1-4-8-9(11(15)16)17-10(13-8)7-5-12-14(3)6(7)2/h5H,4H2,1-3H3,(H,15,16). The van der Waals surface area contributed by atoms with Crippen LogP contribution in [0.4, 0.5) is 0 Å². The molecule has 1 N–H and O–H groups in total. The lowest BCUT2D eigenvalue weighted by atomic mass is 10.2. The van der Waals surface area contributed by atoms with Crippen molar-refractivity contribution in [2.24, 2.45) is 7.05 Å². The normalized spacial score (nSPS) is 10.8. The van der Waals surface area contributed by atoms with Gasteiger partial charge < -0.3 is 9.52 Å². The molecule has 2 aromatic rings. The number of hydrogen-bond donors (Lipinski definition) is 1. The number of nitrogens with zero attached hydrogens (tertiary/aromatic N) is 3. The minimum atomic E-state index is -1.10. The molecule has 0 aliphatic carbocycles. The van der Waals surface area contributed by atoms with Crippen molar-refractivity contribution >= 4 is 5.97 Å². The van der Waals surface area contributed by atoms with Gasteiger partial charge in [0.25, 0.3) is 0 Å². The average molecular weight is 235 g/mol. The van der Waals surface area contributed by atoms with Gasteiger partial charge in [-0.25, -0.2) is 9.78 Å². The van der Waals surface area contributed by atoms with E-state index >= 15 is 0 Å². The summed E-state index contributed by atoms with van der Waals surface area (Å²) in [6.45, 7) is 3.71. The quantitative estimate of drug-likeness (QED) is 0.874. The van der Waals surface area contributed by atoms with Gasteiger partial charge in [-0.05, 0) is 13.3 Å². The summed E-state index contributed by atoms with van der Waals surface area (Å²) in [6.07, 6.45) is 2.14. The molecule has 0 saturated carbocycles. The highest BCUT2D eigenvalue weighted by atomic mass is 16.4. The number of hydrogen-bond acceptors (Lipinski definition) is 4. The molecule has 17 heavy (non-hydrogen) atoms. The number of aromatic nitrogens is 3. The number of carboxylic acid groups (broad SMARTS) is 1. The van der Waals surface area contributed by atoms with Gasteiger partial charge in [-0.1, -0.05) is 6.92 Å². The van der Waals surface area contributed by atoms with Crippen LogP contribution in [-0.2, 0) is 13.5 Å². The third-order valence-electron chi connectivity index (χ3n) is 2.69. The predicted octanol–water partition coefficient (Wildman–Crippen LogP) is 1.64. The molecule has 6 nitrogen and oxygen atoms in total. The molecule has 2 heterocycles. The third-order valence-corrected chi connectivity index (χ3v) is 2.69. The van der Waals surface area contributed by atoms with Gasteiger partial charge in [-0.3, -0.25) is 4.68 Å². The summed E-state index contributed by atoms with van der Waals surface area (Å²) in [6, 6.07) is 0. The van der Waals surface area contributed by atoms with Gasteiger partial charge in [0.15, 0.2) is 0 Å². The van der Waals surface area contributed by atoms with Gasteiger partial charge in [0.05, 0.1) is 17.5 Å². The molecule has 0 radical (unpaired) electrons. The Morgan fingerprint density at radius 2 is 2.29 bits per heavy atom. The SMILES string of the molecule is CCc1nc(-c2cnn(C)c2C)oc1C(=O)O. The molecule has 0 bridgehead atoms. The van der Waals surface area contributed by atoms with Crippen molar-refractivity contribution in [1.29, 1.82) is 0 Å². The summed E-state index contributed by atoms with van der Waals surface area (Å²) in [4.78, 5) is 15.2. The van der Waals surface area contributed by atoms with E-state index in [0.29, 0.717) is 18.0 Å². The number of aromatic carboxylic acids is 1. The average Bonchev–Trinajstić information content (AvgIpc) is 2.84. The van der Waals surface area contributed by atoms with E-state index in [4.69, 9.17) is 9.52 Å². The Morgan fingerprint density at radius 3 is 2.71 bits per heavy atom. The second-order valence-electron chi connectivity index (χ2n) is 3.72. The molecule has 0 fully saturated rings. The first-order valence-electron chi connectivity index (χ1n) is 5.26. The topological polar surface area (TPSA) is 81.2 Å². The fraction of sp³-hybridized carbons (Fsp3) is 0.364. The second kappa shape index (κ2) is 4.04. The van der Waals surface area contributed by atoms with Crippen LogP contribution in [0.1, 0.15) is 28.9 Å². The van der Waals surface area contributed by atoms with E-state index in [-0.39, 0.29) is 5.76 Å². The van der Waals surface area contributed by atoms with Crippen LogP contribution in [0.25, 0.3) is 11.5 Å². The first kappa shape index (κ1) is 11.4. The minimum absolute atomic E-state index is 0.0919. The second-order valence-corrected chi connectivity index (χ2v) is 3.72. The molecule has 0 aliphatic heterocycles. The zero-order valence-corrected chi connectivity index (χ0v) is 9.89. The molecule has 6 heteroatoms. The monoisotopic (exact) mass is 235 g/mol. The molecule has 0 amide bonds. The lowest BCUT2D eigenvalue weighted by Crippen LogP contribution is -1.98. The molecule has 2 aromatic heterocycles. The molecule has 0 aromatic carbocycles. The lowest BCUT2D eigenvalue weighted by Gasteiger charge is -1.94. The van der Waals surface area contributed by atoms with Crippen LogP contribution in [0.2, 0.25) is 0 Å².